The Bertz CT molecular complexity index is 104. The van der Waals surface area contributed by atoms with Gasteiger partial charge in [-0.15, -0.1) is 0 Å². The summed E-state index contributed by atoms with van der Waals surface area (Å²) in [6.45, 7) is 8.48. The Labute approximate surface area is 64.6 Å². The average molecular weight is 138 g/mol. The van der Waals surface area contributed by atoms with E-state index in [1.54, 1.807) is 0 Å². The van der Waals surface area contributed by atoms with E-state index in [1.165, 1.54) is 0 Å². The first-order valence-corrected chi connectivity index (χ1v) is 4.15. The van der Waals surface area contributed by atoms with Crippen molar-refractivity contribution in [1.82, 2.24) is 0 Å². The number of hydrogen-bond acceptors (Lipinski definition) is 0. The van der Waals surface area contributed by atoms with Crippen molar-refractivity contribution in [3.05, 3.63) is 24.3 Å². The van der Waals surface area contributed by atoms with Crippen molar-refractivity contribution in [1.29, 1.82) is 0 Å². The largest absolute Gasteiger partial charge is 0.0811 e. The Hall–Kier alpha value is -0.520. The number of rotatable bonds is 0. The second kappa shape index (κ2) is 5.28. The molecule has 0 aliphatic heterocycles. The number of hydrogen-bond donors (Lipinski definition) is 0. The van der Waals surface area contributed by atoms with Gasteiger partial charge >= 0.3 is 0 Å². The Balaban J connectivity index is 0.000000371. The zero-order valence-corrected chi connectivity index (χ0v) is 7.46. The summed E-state index contributed by atoms with van der Waals surface area (Å²) in [6, 6.07) is 0. The molecule has 0 radical (unpaired) electrons. The molecule has 1 aliphatic rings. The highest BCUT2D eigenvalue weighted by molar-refractivity contribution is 5.12. The van der Waals surface area contributed by atoms with E-state index < -0.39 is 0 Å². The van der Waals surface area contributed by atoms with E-state index in [2.05, 4.69) is 38.2 Å². The van der Waals surface area contributed by atoms with Crippen molar-refractivity contribution < 1.29 is 0 Å². The van der Waals surface area contributed by atoms with Gasteiger partial charge in [-0.2, -0.15) is 0 Å². The highest BCUT2D eigenvalue weighted by Gasteiger charge is 2.05. The van der Waals surface area contributed by atoms with E-state index in [0.717, 1.165) is 11.8 Å². The maximum absolute atomic E-state index is 2.24. The summed E-state index contributed by atoms with van der Waals surface area (Å²) < 4.78 is 0. The minimum absolute atomic E-state index is 0.736. The van der Waals surface area contributed by atoms with Crippen LogP contribution in [0.1, 0.15) is 27.7 Å². The summed E-state index contributed by atoms with van der Waals surface area (Å²) in [5.41, 5.74) is 0. The summed E-state index contributed by atoms with van der Waals surface area (Å²) in [4.78, 5) is 0. The van der Waals surface area contributed by atoms with Crippen LogP contribution in [-0.4, -0.2) is 0 Å². The second-order valence-electron chi connectivity index (χ2n) is 2.49. The van der Waals surface area contributed by atoms with E-state index in [-0.39, 0.29) is 0 Å². The molecule has 0 saturated carbocycles. The molecule has 0 aromatic heterocycles. The summed E-state index contributed by atoms with van der Waals surface area (Å²) in [5.74, 6) is 1.47. The molecule has 0 heterocycles. The van der Waals surface area contributed by atoms with Gasteiger partial charge in [0, 0.05) is 0 Å². The van der Waals surface area contributed by atoms with Crippen molar-refractivity contribution in [2.45, 2.75) is 27.7 Å². The van der Waals surface area contributed by atoms with E-state index in [0.29, 0.717) is 0 Å². The van der Waals surface area contributed by atoms with Crippen molar-refractivity contribution >= 4 is 0 Å². The monoisotopic (exact) mass is 138 g/mol. The third kappa shape index (κ3) is 2.86. The highest BCUT2D eigenvalue weighted by atomic mass is 14.1. The minimum Gasteiger partial charge on any atom is -0.0811 e. The van der Waals surface area contributed by atoms with Crippen LogP contribution in [0.5, 0.6) is 0 Å². The molecule has 0 bridgehead atoms. The summed E-state index contributed by atoms with van der Waals surface area (Å²) >= 11 is 0. The Morgan fingerprint density at radius 2 is 1.10 bits per heavy atom. The first-order valence-electron chi connectivity index (χ1n) is 4.15. The summed E-state index contributed by atoms with van der Waals surface area (Å²) in [7, 11) is 0. The lowest BCUT2D eigenvalue weighted by Crippen LogP contribution is -2.03. The lowest BCUT2D eigenvalue weighted by Gasteiger charge is -2.13. The average Bonchev–Trinajstić information content (AvgIpc) is 2.00. The first kappa shape index (κ1) is 9.48. The van der Waals surface area contributed by atoms with Gasteiger partial charge in [-0.05, 0) is 11.8 Å². The smallest absolute Gasteiger partial charge is 0.0198 e. The van der Waals surface area contributed by atoms with Crippen LogP contribution in [0.2, 0.25) is 0 Å². The third-order valence-corrected chi connectivity index (χ3v) is 1.77. The van der Waals surface area contributed by atoms with Crippen molar-refractivity contribution in [3.63, 3.8) is 0 Å². The number of allylic oxidation sites excluding steroid dienone is 4. The minimum atomic E-state index is 0.736. The van der Waals surface area contributed by atoms with Crippen molar-refractivity contribution in [3.8, 4) is 0 Å². The van der Waals surface area contributed by atoms with E-state index in [9.17, 15) is 0 Å². The molecule has 58 valence electrons. The standard InChI is InChI=1S/C8H12.C2H6/c1-7-5-3-4-6-8(7)2;1-2/h3-8H,1-2H3;1-2H3. The van der Waals surface area contributed by atoms with Crippen molar-refractivity contribution in [2.75, 3.05) is 0 Å². The molecule has 2 atom stereocenters. The fourth-order valence-corrected chi connectivity index (χ4v) is 0.829. The molecule has 0 heteroatoms. The zero-order chi connectivity index (χ0) is 7.98. The molecule has 0 spiro atoms. The van der Waals surface area contributed by atoms with Gasteiger partial charge in [0.1, 0.15) is 0 Å². The molecule has 0 N–H and O–H groups in total. The second-order valence-corrected chi connectivity index (χ2v) is 2.49. The van der Waals surface area contributed by atoms with Crippen LogP contribution in [0.4, 0.5) is 0 Å². The van der Waals surface area contributed by atoms with Crippen LogP contribution in [-0.2, 0) is 0 Å². The van der Waals surface area contributed by atoms with Crippen LogP contribution >= 0.6 is 0 Å². The predicted octanol–water partition coefficient (Wildman–Crippen LogP) is 3.41. The van der Waals surface area contributed by atoms with Gasteiger partial charge in [0.25, 0.3) is 0 Å². The Morgan fingerprint density at radius 1 is 0.800 bits per heavy atom. The van der Waals surface area contributed by atoms with Gasteiger partial charge in [0.15, 0.2) is 0 Å². The first-order chi connectivity index (χ1) is 4.80. The zero-order valence-electron chi connectivity index (χ0n) is 7.46. The molecule has 2 unspecified atom stereocenters. The Kier molecular flexibility index (Phi) is 5.00. The molecule has 10 heavy (non-hydrogen) atoms. The topological polar surface area (TPSA) is 0 Å². The van der Waals surface area contributed by atoms with Crippen LogP contribution in [0, 0.1) is 11.8 Å². The quantitative estimate of drug-likeness (QED) is 0.481. The van der Waals surface area contributed by atoms with E-state index in [4.69, 9.17) is 0 Å². The SMILES string of the molecule is CC.CC1C=CC=CC1C. The molecule has 0 fully saturated rings. The molecule has 0 nitrogen and oxygen atoms in total. The Morgan fingerprint density at radius 3 is 1.30 bits per heavy atom. The molecule has 1 aliphatic carbocycles. The lowest BCUT2D eigenvalue weighted by atomic mass is 9.92. The van der Waals surface area contributed by atoms with Crippen LogP contribution in [0.3, 0.4) is 0 Å². The molecular weight excluding hydrogens is 120 g/mol. The van der Waals surface area contributed by atoms with Crippen LogP contribution in [0.15, 0.2) is 24.3 Å². The van der Waals surface area contributed by atoms with Crippen LogP contribution in [0.25, 0.3) is 0 Å². The highest BCUT2D eigenvalue weighted by Crippen LogP contribution is 2.16. The molecule has 0 amide bonds. The predicted molar refractivity (Wildman–Crippen MR) is 48.0 cm³/mol. The third-order valence-electron chi connectivity index (χ3n) is 1.77. The maximum atomic E-state index is 2.24. The van der Waals surface area contributed by atoms with Crippen LogP contribution < -0.4 is 0 Å². The fourth-order valence-electron chi connectivity index (χ4n) is 0.829. The summed E-state index contributed by atoms with van der Waals surface area (Å²) in [5, 5.41) is 0. The normalized spacial score (nSPS) is 29.2. The van der Waals surface area contributed by atoms with Crippen molar-refractivity contribution in [2.24, 2.45) is 11.8 Å². The lowest BCUT2D eigenvalue weighted by molar-refractivity contribution is 0.552. The molecule has 1 rings (SSSR count). The molecular formula is C10H18. The summed E-state index contributed by atoms with van der Waals surface area (Å²) in [6.07, 6.45) is 8.71. The van der Waals surface area contributed by atoms with Gasteiger partial charge in [-0.25, -0.2) is 0 Å². The maximum Gasteiger partial charge on any atom is -0.0198 e. The van der Waals surface area contributed by atoms with Gasteiger partial charge < -0.3 is 0 Å². The fraction of sp³-hybridized carbons (Fsp3) is 0.600. The molecule has 0 aromatic rings. The van der Waals surface area contributed by atoms with Gasteiger partial charge in [-0.3, -0.25) is 0 Å². The van der Waals surface area contributed by atoms with E-state index in [1.807, 2.05) is 13.8 Å². The van der Waals surface area contributed by atoms with Gasteiger partial charge in [-0.1, -0.05) is 52.0 Å². The van der Waals surface area contributed by atoms with Gasteiger partial charge in [0.05, 0.1) is 0 Å². The molecule has 0 saturated heterocycles. The molecule has 0 aromatic carbocycles. The van der Waals surface area contributed by atoms with E-state index >= 15 is 0 Å². The van der Waals surface area contributed by atoms with Gasteiger partial charge in [0.2, 0.25) is 0 Å².